The molecule has 0 aromatic heterocycles. The third kappa shape index (κ3) is 3.09. The molecule has 0 bridgehead atoms. The molecule has 5 heteroatoms. The molecule has 3 N–H and O–H groups in total. The van der Waals surface area contributed by atoms with Gasteiger partial charge in [0.25, 0.3) is 0 Å². The van der Waals surface area contributed by atoms with Crippen LogP contribution in [0.1, 0.15) is 32.6 Å². The molecule has 0 aromatic rings. The first-order valence-corrected chi connectivity index (χ1v) is 6.24. The molecule has 1 saturated carbocycles. The minimum atomic E-state index is 0.330. The van der Waals surface area contributed by atoms with E-state index in [1.54, 1.807) is 0 Å². The number of piperidine rings is 1. The van der Waals surface area contributed by atoms with E-state index in [1.165, 1.54) is 12.8 Å². The van der Waals surface area contributed by atoms with E-state index in [0.717, 1.165) is 38.5 Å². The van der Waals surface area contributed by atoms with Crippen LogP contribution < -0.4 is 11.3 Å². The average molecular weight is 226 g/mol. The molecule has 0 amide bonds. The Kier molecular flexibility index (Phi) is 4.01. The van der Waals surface area contributed by atoms with Crippen LogP contribution in [0.2, 0.25) is 0 Å². The van der Waals surface area contributed by atoms with Gasteiger partial charge >= 0.3 is 0 Å². The number of rotatable bonds is 3. The van der Waals surface area contributed by atoms with Gasteiger partial charge < -0.3 is 9.64 Å². The smallest absolute Gasteiger partial charge is 0.208 e. The van der Waals surface area contributed by atoms with Crippen molar-refractivity contribution in [2.24, 2.45) is 10.8 Å². The van der Waals surface area contributed by atoms with Crippen LogP contribution in [0.4, 0.5) is 0 Å². The van der Waals surface area contributed by atoms with Crippen molar-refractivity contribution in [1.82, 2.24) is 10.3 Å². The van der Waals surface area contributed by atoms with Crippen LogP contribution in [0.3, 0.4) is 0 Å². The lowest BCUT2D eigenvalue weighted by molar-refractivity contribution is 0.0227. The number of aliphatic imine (C=N–C) groups is 1. The van der Waals surface area contributed by atoms with E-state index < -0.39 is 0 Å². The highest BCUT2D eigenvalue weighted by atomic mass is 16.5. The number of hydrogen-bond acceptors (Lipinski definition) is 3. The van der Waals surface area contributed by atoms with E-state index in [-0.39, 0.29) is 0 Å². The zero-order valence-corrected chi connectivity index (χ0v) is 9.98. The molecular weight excluding hydrogens is 204 g/mol. The Balaban J connectivity index is 1.90. The van der Waals surface area contributed by atoms with Crippen molar-refractivity contribution < 1.29 is 4.74 Å². The quantitative estimate of drug-likeness (QED) is 0.318. The lowest BCUT2D eigenvalue weighted by atomic mass is 10.1. The van der Waals surface area contributed by atoms with E-state index in [1.807, 2.05) is 6.92 Å². The minimum Gasteiger partial charge on any atom is -0.377 e. The normalized spacial score (nSPS) is 27.0. The number of ether oxygens (including phenoxy) is 1. The van der Waals surface area contributed by atoms with Crippen LogP contribution in [0.15, 0.2) is 4.99 Å². The summed E-state index contributed by atoms with van der Waals surface area (Å²) in [4.78, 5) is 6.79. The molecule has 16 heavy (non-hydrogen) atoms. The Hall–Kier alpha value is -0.810. The van der Waals surface area contributed by atoms with Gasteiger partial charge in [0.05, 0.1) is 12.1 Å². The molecule has 0 spiro atoms. The fraction of sp³-hybridized carbons (Fsp3) is 0.909. The molecule has 2 fully saturated rings. The standard InChI is InChI=1S/C11H22N4O/c1-2-16-10-4-3-7-15(8-10)11(14-12)13-9-5-6-9/h9-10H,2-8,12H2,1H3,(H,13,14). The summed E-state index contributed by atoms with van der Waals surface area (Å²) in [6.07, 6.45) is 5.03. The van der Waals surface area contributed by atoms with E-state index in [0.29, 0.717) is 12.1 Å². The third-order valence-corrected chi connectivity index (χ3v) is 3.06. The zero-order valence-electron chi connectivity index (χ0n) is 9.98. The van der Waals surface area contributed by atoms with Gasteiger partial charge in [-0.05, 0) is 32.6 Å². The molecule has 1 atom stereocenters. The summed E-state index contributed by atoms with van der Waals surface area (Å²) in [6.45, 7) is 4.76. The molecule has 1 aliphatic carbocycles. The molecule has 1 heterocycles. The van der Waals surface area contributed by atoms with Crippen LogP contribution in [-0.4, -0.2) is 42.7 Å². The highest BCUT2D eigenvalue weighted by Gasteiger charge is 2.26. The fourth-order valence-electron chi connectivity index (χ4n) is 2.09. The second-order valence-corrected chi connectivity index (χ2v) is 4.49. The lowest BCUT2D eigenvalue weighted by Crippen LogP contribution is -2.50. The van der Waals surface area contributed by atoms with Gasteiger partial charge in [-0.1, -0.05) is 0 Å². The Morgan fingerprint density at radius 1 is 1.50 bits per heavy atom. The number of hydrazine groups is 1. The van der Waals surface area contributed by atoms with Crippen molar-refractivity contribution in [3.8, 4) is 0 Å². The second kappa shape index (κ2) is 5.50. The monoisotopic (exact) mass is 226 g/mol. The SMILES string of the molecule is CCOC1CCCN(C(=NC2CC2)NN)C1. The van der Waals surface area contributed by atoms with Crippen molar-refractivity contribution in [2.75, 3.05) is 19.7 Å². The summed E-state index contributed by atoms with van der Waals surface area (Å²) >= 11 is 0. The summed E-state index contributed by atoms with van der Waals surface area (Å²) in [5, 5.41) is 0. The maximum atomic E-state index is 5.66. The molecule has 1 saturated heterocycles. The third-order valence-electron chi connectivity index (χ3n) is 3.06. The first-order chi connectivity index (χ1) is 7.83. The Morgan fingerprint density at radius 3 is 2.94 bits per heavy atom. The van der Waals surface area contributed by atoms with Crippen LogP contribution in [0.25, 0.3) is 0 Å². The maximum absolute atomic E-state index is 5.66. The molecule has 1 aliphatic heterocycles. The molecule has 1 unspecified atom stereocenters. The van der Waals surface area contributed by atoms with Crippen molar-refractivity contribution in [1.29, 1.82) is 0 Å². The van der Waals surface area contributed by atoms with Gasteiger partial charge in [0.2, 0.25) is 5.96 Å². The van der Waals surface area contributed by atoms with E-state index >= 15 is 0 Å². The van der Waals surface area contributed by atoms with Gasteiger partial charge in [-0.3, -0.25) is 5.43 Å². The van der Waals surface area contributed by atoms with E-state index in [2.05, 4.69) is 15.3 Å². The second-order valence-electron chi connectivity index (χ2n) is 4.49. The predicted octanol–water partition coefficient (Wildman–Crippen LogP) is 0.469. The van der Waals surface area contributed by atoms with Crippen LogP contribution in [-0.2, 0) is 4.74 Å². The van der Waals surface area contributed by atoms with Crippen LogP contribution >= 0.6 is 0 Å². The van der Waals surface area contributed by atoms with Gasteiger partial charge in [0.15, 0.2) is 0 Å². The van der Waals surface area contributed by atoms with Gasteiger partial charge in [-0.2, -0.15) is 0 Å². The minimum absolute atomic E-state index is 0.330. The molecule has 2 rings (SSSR count). The maximum Gasteiger partial charge on any atom is 0.208 e. The number of nitrogens with zero attached hydrogens (tertiary/aromatic N) is 2. The number of nitrogens with two attached hydrogens (primary N) is 1. The zero-order chi connectivity index (χ0) is 11.4. The van der Waals surface area contributed by atoms with Crippen LogP contribution in [0, 0.1) is 0 Å². The Bertz CT molecular complexity index is 250. The van der Waals surface area contributed by atoms with E-state index in [9.17, 15) is 0 Å². The predicted molar refractivity (Wildman–Crippen MR) is 64.0 cm³/mol. The Morgan fingerprint density at radius 2 is 2.31 bits per heavy atom. The molecule has 0 radical (unpaired) electrons. The topological polar surface area (TPSA) is 62.9 Å². The summed E-state index contributed by atoms with van der Waals surface area (Å²) in [6, 6.07) is 0.499. The van der Waals surface area contributed by atoms with Gasteiger partial charge in [0.1, 0.15) is 0 Å². The van der Waals surface area contributed by atoms with Gasteiger partial charge in [-0.15, -0.1) is 0 Å². The summed E-state index contributed by atoms with van der Waals surface area (Å²) in [5.41, 5.74) is 2.73. The molecule has 5 nitrogen and oxygen atoms in total. The van der Waals surface area contributed by atoms with E-state index in [4.69, 9.17) is 10.6 Å². The molecule has 0 aromatic carbocycles. The fourth-order valence-corrected chi connectivity index (χ4v) is 2.09. The summed E-state index contributed by atoms with van der Waals surface area (Å²) in [5.74, 6) is 6.38. The van der Waals surface area contributed by atoms with Crippen molar-refractivity contribution in [3.63, 3.8) is 0 Å². The number of guanidine groups is 1. The van der Waals surface area contributed by atoms with Crippen molar-refractivity contribution in [3.05, 3.63) is 0 Å². The van der Waals surface area contributed by atoms with Gasteiger partial charge in [0, 0.05) is 19.7 Å². The largest absolute Gasteiger partial charge is 0.377 e. The summed E-state index contributed by atoms with van der Waals surface area (Å²) < 4.78 is 5.66. The number of nitrogens with one attached hydrogen (secondary N) is 1. The Labute approximate surface area is 97.0 Å². The summed E-state index contributed by atoms with van der Waals surface area (Å²) in [7, 11) is 0. The van der Waals surface area contributed by atoms with Crippen molar-refractivity contribution in [2.45, 2.75) is 44.8 Å². The molecule has 92 valence electrons. The average Bonchev–Trinajstić information content (AvgIpc) is 3.10. The van der Waals surface area contributed by atoms with Crippen molar-refractivity contribution >= 4 is 5.96 Å². The highest BCUT2D eigenvalue weighted by molar-refractivity contribution is 5.79. The highest BCUT2D eigenvalue weighted by Crippen LogP contribution is 2.24. The lowest BCUT2D eigenvalue weighted by Gasteiger charge is -2.34. The number of likely N-dealkylation sites (tertiary alicyclic amines) is 1. The molecular formula is C11H22N4O. The molecule has 2 aliphatic rings. The van der Waals surface area contributed by atoms with Gasteiger partial charge in [-0.25, -0.2) is 10.8 Å². The van der Waals surface area contributed by atoms with Crippen LogP contribution in [0.5, 0.6) is 0 Å². The first kappa shape index (κ1) is 11.7. The first-order valence-electron chi connectivity index (χ1n) is 6.24. The number of hydrogen-bond donors (Lipinski definition) is 2.